The molecule has 1 fully saturated rings. The standard InChI is InChI=1S/C18H26ClN3O/c1-4-7-21-8-10-22(11-9-21)17(13-20)15-5-6-18(16(19)12-15)23-14(2)3/h5-6,12,14,17H,4,7-11H2,1-3H3. The van der Waals surface area contributed by atoms with E-state index in [1.54, 1.807) is 0 Å². The third-order valence-corrected chi connectivity index (χ3v) is 4.36. The molecule has 0 aliphatic carbocycles. The van der Waals surface area contributed by atoms with E-state index in [0.717, 1.165) is 38.3 Å². The van der Waals surface area contributed by atoms with Crippen LogP contribution in [0.1, 0.15) is 38.8 Å². The van der Waals surface area contributed by atoms with Crippen molar-refractivity contribution in [1.29, 1.82) is 5.26 Å². The number of piperazine rings is 1. The fourth-order valence-electron chi connectivity index (χ4n) is 2.97. The molecule has 23 heavy (non-hydrogen) atoms. The number of benzene rings is 1. The van der Waals surface area contributed by atoms with Gasteiger partial charge in [-0.15, -0.1) is 0 Å². The van der Waals surface area contributed by atoms with Crippen molar-refractivity contribution in [3.8, 4) is 11.8 Å². The van der Waals surface area contributed by atoms with E-state index in [0.29, 0.717) is 10.8 Å². The summed E-state index contributed by atoms with van der Waals surface area (Å²) in [5, 5.41) is 10.2. The van der Waals surface area contributed by atoms with Gasteiger partial charge in [-0.05, 0) is 44.5 Å². The van der Waals surface area contributed by atoms with Crippen LogP contribution >= 0.6 is 11.6 Å². The van der Waals surface area contributed by atoms with Gasteiger partial charge in [0, 0.05) is 26.2 Å². The fourth-order valence-corrected chi connectivity index (χ4v) is 3.20. The van der Waals surface area contributed by atoms with E-state index in [4.69, 9.17) is 16.3 Å². The molecule has 0 N–H and O–H groups in total. The Morgan fingerprint density at radius 3 is 2.48 bits per heavy atom. The first kappa shape index (κ1) is 18.1. The minimum atomic E-state index is -0.246. The van der Waals surface area contributed by atoms with Crippen LogP contribution in [0, 0.1) is 11.3 Å². The SMILES string of the molecule is CCCN1CCN(C(C#N)c2ccc(OC(C)C)c(Cl)c2)CC1. The average molecular weight is 336 g/mol. The van der Waals surface area contributed by atoms with Crippen molar-refractivity contribution in [1.82, 2.24) is 9.80 Å². The number of hydrogen-bond donors (Lipinski definition) is 0. The summed E-state index contributed by atoms with van der Waals surface area (Å²) < 4.78 is 5.66. The zero-order valence-corrected chi connectivity index (χ0v) is 15.0. The predicted molar refractivity (Wildman–Crippen MR) is 93.9 cm³/mol. The maximum Gasteiger partial charge on any atom is 0.138 e. The van der Waals surface area contributed by atoms with Gasteiger partial charge in [0.1, 0.15) is 11.8 Å². The molecule has 1 saturated heterocycles. The van der Waals surface area contributed by atoms with Crippen LogP contribution in [0.25, 0.3) is 0 Å². The Bertz CT molecular complexity index is 548. The Hall–Kier alpha value is -1.28. The number of ether oxygens (including phenoxy) is 1. The molecular formula is C18H26ClN3O. The van der Waals surface area contributed by atoms with E-state index in [1.165, 1.54) is 6.42 Å². The van der Waals surface area contributed by atoms with E-state index in [1.807, 2.05) is 32.0 Å². The van der Waals surface area contributed by atoms with Crippen LogP contribution in [-0.4, -0.2) is 48.6 Å². The van der Waals surface area contributed by atoms with Gasteiger partial charge in [-0.3, -0.25) is 4.90 Å². The summed E-state index contributed by atoms with van der Waals surface area (Å²) in [4.78, 5) is 4.69. The van der Waals surface area contributed by atoms with Crippen molar-refractivity contribution in [3.05, 3.63) is 28.8 Å². The molecule has 5 heteroatoms. The van der Waals surface area contributed by atoms with E-state index in [2.05, 4.69) is 22.8 Å². The first-order chi connectivity index (χ1) is 11.0. The number of hydrogen-bond acceptors (Lipinski definition) is 4. The molecule has 1 heterocycles. The highest BCUT2D eigenvalue weighted by Gasteiger charge is 2.25. The normalized spacial score (nSPS) is 17.9. The highest BCUT2D eigenvalue weighted by atomic mass is 35.5. The fraction of sp³-hybridized carbons (Fsp3) is 0.611. The molecule has 0 amide bonds. The molecule has 0 aromatic heterocycles. The van der Waals surface area contributed by atoms with E-state index in [9.17, 15) is 5.26 Å². The smallest absolute Gasteiger partial charge is 0.138 e. The molecule has 0 bridgehead atoms. The van der Waals surface area contributed by atoms with Crippen LogP contribution in [0.2, 0.25) is 5.02 Å². The lowest BCUT2D eigenvalue weighted by Gasteiger charge is -2.37. The van der Waals surface area contributed by atoms with Crippen molar-refractivity contribution >= 4 is 11.6 Å². The van der Waals surface area contributed by atoms with Crippen molar-refractivity contribution in [2.75, 3.05) is 32.7 Å². The molecule has 1 atom stereocenters. The summed E-state index contributed by atoms with van der Waals surface area (Å²) in [5.41, 5.74) is 0.942. The van der Waals surface area contributed by atoms with Gasteiger partial charge >= 0.3 is 0 Å². The van der Waals surface area contributed by atoms with Crippen LogP contribution in [0.15, 0.2) is 18.2 Å². The Morgan fingerprint density at radius 1 is 1.26 bits per heavy atom. The lowest BCUT2D eigenvalue weighted by molar-refractivity contribution is 0.114. The van der Waals surface area contributed by atoms with E-state index in [-0.39, 0.29) is 12.1 Å². The second-order valence-electron chi connectivity index (χ2n) is 6.27. The monoisotopic (exact) mass is 335 g/mol. The topological polar surface area (TPSA) is 39.5 Å². The zero-order valence-electron chi connectivity index (χ0n) is 14.3. The highest BCUT2D eigenvalue weighted by molar-refractivity contribution is 6.32. The molecule has 126 valence electrons. The van der Waals surface area contributed by atoms with Gasteiger partial charge in [0.2, 0.25) is 0 Å². The molecule has 2 rings (SSSR count). The van der Waals surface area contributed by atoms with E-state index >= 15 is 0 Å². The van der Waals surface area contributed by atoms with Gasteiger partial charge in [-0.2, -0.15) is 5.26 Å². The van der Waals surface area contributed by atoms with Crippen LogP contribution < -0.4 is 4.74 Å². The number of halogens is 1. The Labute approximate surface area is 144 Å². The molecule has 0 spiro atoms. The first-order valence-corrected chi connectivity index (χ1v) is 8.75. The molecule has 4 nitrogen and oxygen atoms in total. The van der Waals surface area contributed by atoms with Crippen molar-refractivity contribution in [2.45, 2.75) is 39.3 Å². The van der Waals surface area contributed by atoms with Crippen LogP contribution in [0.4, 0.5) is 0 Å². The highest BCUT2D eigenvalue weighted by Crippen LogP contribution is 2.31. The molecule has 0 radical (unpaired) electrons. The molecule has 1 aromatic rings. The largest absolute Gasteiger partial charge is 0.489 e. The Kier molecular flexibility index (Phi) is 6.71. The summed E-state index contributed by atoms with van der Waals surface area (Å²) in [6.45, 7) is 11.2. The van der Waals surface area contributed by atoms with Crippen molar-refractivity contribution in [2.24, 2.45) is 0 Å². The molecule has 1 aliphatic heterocycles. The lowest BCUT2D eigenvalue weighted by atomic mass is 10.1. The average Bonchev–Trinajstić information content (AvgIpc) is 2.52. The van der Waals surface area contributed by atoms with Crippen LogP contribution in [0.3, 0.4) is 0 Å². The second-order valence-corrected chi connectivity index (χ2v) is 6.67. The maximum atomic E-state index is 9.63. The number of nitrogens with zero attached hydrogens (tertiary/aromatic N) is 3. The quantitative estimate of drug-likeness (QED) is 0.794. The maximum absolute atomic E-state index is 9.63. The minimum absolute atomic E-state index is 0.0803. The first-order valence-electron chi connectivity index (χ1n) is 8.37. The van der Waals surface area contributed by atoms with Gasteiger partial charge in [0.25, 0.3) is 0 Å². The number of nitriles is 1. The van der Waals surface area contributed by atoms with Gasteiger partial charge in [-0.1, -0.05) is 24.6 Å². The molecule has 0 saturated carbocycles. The van der Waals surface area contributed by atoms with Crippen LogP contribution in [-0.2, 0) is 0 Å². The summed E-state index contributed by atoms with van der Waals surface area (Å²) in [5.74, 6) is 0.676. The predicted octanol–water partition coefficient (Wildman–Crippen LogP) is 3.72. The molecule has 1 aromatic carbocycles. The van der Waals surface area contributed by atoms with Gasteiger partial charge in [0.15, 0.2) is 0 Å². The third kappa shape index (κ3) is 4.84. The summed E-state index contributed by atoms with van der Waals surface area (Å²) in [7, 11) is 0. The van der Waals surface area contributed by atoms with Crippen molar-refractivity contribution in [3.63, 3.8) is 0 Å². The number of rotatable bonds is 6. The minimum Gasteiger partial charge on any atom is -0.489 e. The van der Waals surface area contributed by atoms with Gasteiger partial charge in [-0.25, -0.2) is 0 Å². The van der Waals surface area contributed by atoms with Crippen molar-refractivity contribution < 1.29 is 4.74 Å². The third-order valence-electron chi connectivity index (χ3n) is 4.07. The Balaban J connectivity index is 2.07. The molecule has 1 unspecified atom stereocenters. The lowest BCUT2D eigenvalue weighted by Crippen LogP contribution is -2.47. The summed E-state index contributed by atoms with van der Waals surface area (Å²) >= 11 is 6.32. The van der Waals surface area contributed by atoms with Gasteiger partial charge < -0.3 is 9.64 Å². The zero-order chi connectivity index (χ0) is 16.8. The second kappa shape index (κ2) is 8.54. The Morgan fingerprint density at radius 2 is 1.96 bits per heavy atom. The molecule has 1 aliphatic rings. The molecular weight excluding hydrogens is 310 g/mol. The van der Waals surface area contributed by atoms with Crippen LogP contribution in [0.5, 0.6) is 5.75 Å². The van der Waals surface area contributed by atoms with E-state index < -0.39 is 0 Å². The summed E-state index contributed by atoms with van der Waals surface area (Å²) in [6, 6.07) is 7.88. The van der Waals surface area contributed by atoms with Gasteiger partial charge in [0.05, 0.1) is 17.2 Å². The summed E-state index contributed by atoms with van der Waals surface area (Å²) in [6.07, 6.45) is 1.26.